The van der Waals surface area contributed by atoms with Crippen molar-refractivity contribution in [1.29, 1.82) is 0 Å². The maximum Gasteiger partial charge on any atom is 0.209 e. The van der Waals surface area contributed by atoms with Crippen molar-refractivity contribution in [3.05, 3.63) is 89.3 Å². The second-order valence-corrected chi connectivity index (χ2v) is 9.45. The van der Waals surface area contributed by atoms with Crippen LogP contribution in [0.1, 0.15) is 53.5 Å². The number of hydrogen-bond donors (Lipinski definition) is 1. The Morgan fingerprint density at radius 1 is 1.19 bits per heavy atom. The van der Waals surface area contributed by atoms with Crippen LogP contribution in [0.15, 0.2) is 89.3 Å². The summed E-state index contributed by atoms with van der Waals surface area (Å²) in [6, 6.07) is 8.68. The molecule has 4 heteroatoms. The first-order chi connectivity index (χ1) is 14.7. The Hall–Kier alpha value is -2.59. The molecule has 3 nitrogen and oxygen atoms in total. The van der Waals surface area contributed by atoms with Gasteiger partial charge in [0.1, 0.15) is 0 Å². The minimum atomic E-state index is -0.232. The molecule has 0 bridgehead atoms. The van der Waals surface area contributed by atoms with Crippen molar-refractivity contribution in [3.8, 4) is 0 Å². The second-order valence-electron chi connectivity index (χ2n) is 9.01. The average Bonchev–Trinajstić information content (AvgIpc) is 3.11. The molecule has 0 aliphatic heterocycles. The number of hydrogen-bond acceptors (Lipinski definition) is 2. The van der Waals surface area contributed by atoms with E-state index in [0.717, 1.165) is 29.5 Å². The van der Waals surface area contributed by atoms with Crippen LogP contribution in [-0.2, 0) is 4.79 Å². The van der Waals surface area contributed by atoms with Crippen LogP contribution in [0.5, 0.6) is 0 Å². The van der Waals surface area contributed by atoms with Gasteiger partial charge in [-0.3, -0.25) is 4.79 Å². The molecule has 1 atom stereocenters. The van der Waals surface area contributed by atoms with Crippen LogP contribution >= 0.6 is 12.6 Å². The fourth-order valence-electron chi connectivity index (χ4n) is 4.36. The fraction of sp³-hybridized carbons (Fsp3) is 0.333. The number of carbonyl (C=O) groups is 1. The summed E-state index contributed by atoms with van der Waals surface area (Å²) < 4.78 is 2.33. The summed E-state index contributed by atoms with van der Waals surface area (Å²) in [6.07, 6.45) is 16.1. The number of benzene rings is 1. The van der Waals surface area contributed by atoms with Gasteiger partial charge in [-0.1, -0.05) is 61.9 Å². The second kappa shape index (κ2) is 9.69. The number of nitrogens with zero attached hydrogens (tertiary/aromatic N) is 2. The van der Waals surface area contributed by atoms with Gasteiger partial charge >= 0.3 is 0 Å². The summed E-state index contributed by atoms with van der Waals surface area (Å²) in [7, 11) is 0. The first-order valence-electron chi connectivity index (χ1n) is 10.8. The van der Waals surface area contributed by atoms with Crippen molar-refractivity contribution < 1.29 is 4.79 Å². The molecule has 1 unspecified atom stereocenters. The molecule has 1 aromatic carbocycles. The van der Waals surface area contributed by atoms with Crippen molar-refractivity contribution in [2.75, 3.05) is 0 Å². The van der Waals surface area contributed by atoms with Gasteiger partial charge in [0.25, 0.3) is 0 Å². The van der Waals surface area contributed by atoms with E-state index in [0.29, 0.717) is 6.04 Å². The van der Waals surface area contributed by atoms with E-state index in [1.165, 1.54) is 22.7 Å². The lowest BCUT2D eigenvalue weighted by molar-refractivity contribution is -0.106. The van der Waals surface area contributed by atoms with E-state index in [4.69, 9.17) is 0 Å². The predicted octanol–water partition coefficient (Wildman–Crippen LogP) is 7.18. The number of rotatable bonds is 6. The quantitative estimate of drug-likeness (QED) is 0.298. The van der Waals surface area contributed by atoms with E-state index in [1.54, 1.807) is 0 Å². The number of carbonyl (C=O) groups excluding carboxylic acids is 1. The molecule has 0 saturated carbocycles. The van der Waals surface area contributed by atoms with Gasteiger partial charge in [0.05, 0.1) is 23.4 Å². The van der Waals surface area contributed by atoms with Gasteiger partial charge in [-0.25, -0.2) is 4.98 Å². The molecule has 1 heterocycles. The summed E-state index contributed by atoms with van der Waals surface area (Å²) in [5, 5.41) is -0.232. The van der Waals surface area contributed by atoms with E-state index in [-0.39, 0.29) is 10.5 Å². The highest BCUT2D eigenvalue weighted by atomic mass is 32.1. The van der Waals surface area contributed by atoms with E-state index in [2.05, 4.69) is 86.3 Å². The van der Waals surface area contributed by atoms with Crippen LogP contribution in [-0.4, -0.2) is 14.7 Å². The Balaban J connectivity index is 1.88. The highest BCUT2D eigenvalue weighted by Crippen LogP contribution is 2.46. The average molecular weight is 433 g/mol. The summed E-state index contributed by atoms with van der Waals surface area (Å²) in [6.45, 7) is 10.9. The number of thiol groups is 1. The molecular weight excluding hydrogens is 400 g/mol. The lowest BCUT2D eigenvalue weighted by atomic mass is 9.70. The van der Waals surface area contributed by atoms with Gasteiger partial charge < -0.3 is 4.57 Å². The molecule has 1 aliphatic carbocycles. The molecule has 0 N–H and O–H groups in total. The van der Waals surface area contributed by atoms with Gasteiger partial charge in [0, 0.05) is 0 Å². The van der Waals surface area contributed by atoms with E-state index in [9.17, 15) is 4.79 Å². The van der Waals surface area contributed by atoms with Gasteiger partial charge in [-0.05, 0) is 74.0 Å². The van der Waals surface area contributed by atoms with Crippen LogP contribution in [0.25, 0.3) is 11.0 Å². The monoisotopic (exact) mass is 432 g/mol. The first kappa shape index (κ1) is 23.1. The molecule has 0 fully saturated rings. The Bertz CT molecular complexity index is 1130. The van der Waals surface area contributed by atoms with Crippen molar-refractivity contribution in [3.63, 3.8) is 0 Å². The normalized spacial score (nSPS) is 20.4. The Morgan fingerprint density at radius 3 is 2.68 bits per heavy atom. The zero-order valence-corrected chi connectivity index (χ0v) is 20.0. The highest BCUT2D eigenvalue weighted by molar-refractivity contribution is 7.97. The van der Waals surface area contributed by atoms with Crippen molar-refractivity contribution >= 4 is 28.8 Å². The lowest BCUT2D eigenvalue weighted by Gasteiger charge is -2.38. The summed E-state index contributed by atoms with van der Waals surface area (Å²) >= 11 is 3.78. The summed E-state index contributed by atoms with van der Waals surface area (Å²) in [5.41, 5.74) is 7.23. The van der Waals surface area contributed by atoms with Gasteiger partial charge in [0.2, 0.25) is 5.12 Å². The standard InChI is InChI=1S/C27H32N2OS/c1-19(9-8-10-20(2)17-26(30)31)13-14-22-21(3)24(15-16-27(22,4)5)29-18-28-23-11-6-7-12-25(23)29/h6-14,17-18,24H,15-16H2,1-5H3,(H,30,31)/b10-8+,14-13+,19-9+,20-17+. The third kappa shape index (κ3) is 5.56. The molecule has 2 aromatic rings. The van der Waals surface area contributed by atoms with E-state index in [1.807, 2.05) is 31.5 Å². The molecule has 0 amide bonds. The van der Waals surface area contributed by atoms with Gasteiger partial charge in [-0.2, -0.15) is 0 Å². The maximum absolute atomic E-state index is 11.0. The zero-order valence-electron chi connectivity index (χ0n) is 19.1. The van der Waals surface area contributed by atoms with Gasteiger partial charge in [-0.15, -0.1) is 12.6 Å². The summed E-state index contributed by atoms with van der Waals surface area (Å²) in [4.78, 5) is 15.6. The summed E-state index contributed by atoms with van der Waals surface area (Å²) in [5.74, 6) is 0. The van der Waals surface area contributed by atoms with E-state index >= 15 is 0 Å². The van der Waals surface area contributed by atoms with Crippen molar-refractivity contribution in [1.82, 2.24) is 9.55 Å². The maximum atomic E-state index is 11.0. The van der Waals surface area contributed by atoms with Crippen LogP contribution in [0.4, 0.5) is 0 Å². The van der Waals surface area contributed by atoms with Crippen LogP contribution in [0, 0.1) is 5.41 Å². The van der Waals surface area contributed by atoms with Crippen LogP contribution < -0.4 is 0 Å². The first-order valence-corrected chi connectivity index (χ1v) is 11.2. The molecule has 1 aromatic heterocycles. The third-order valence-electron chi connectivity index (χ3n) is 6.10. The van der Waals surface area contributed by atoms with Crippen molar-refractivity contribution in [2.24, 2.45) is 5.41 Å². The molecule has 0 saturated heterocycles. The molecule has 162 valence electrons. The number of fused-ring (bicyclic) bond motifs is 1. The molecule has 0 spiro atoms. The smallest absolute Gasteiger partial charge is 0.209 e. The number of aromatic nitrogens is 2. The molecule has 3 rings (SSSR count). The highest BCUT2D eigenvalue weighted by Gasteiger charge is 2.33. The van der Waals surface area contributed by atoms with E-state index < -0.39 is 0 Å². The van der Waals surface area contributed by atoms with Crippen LogP contribution in [0.2, 0.25) is 0 Å². The minimum absolute atomic E-state index is 0.135. The zero-order chi connectivity index (χ0) is 22.6. The lowest BCUT2D eigenvalue weighted by Crippen LogP contribution is -2.26. The van der Waals surface area contributed by atoms with Gasteiger partial charge in [0.15, 0.2) is 0 Å². The molecule has 1 aliphatic rings. The Morgan fingerprint density at radius 2 is 1.94 bits per heavy atom. The SMILES string of the molecule is CC1=C(/C=C/C(C)=C/C=C/C(C)=C/C(=O)S)C(C)(C)CCC1n1cnc2ccccc21. The molecule has 0 radical (unpaired) electrons. The number of imidazole rings is 1. The Kier molecular flexibility index (Phi) is 7.22. The number of allylic oxidation sites excluding steroid dienone is 9. The largest absolute Gasteiger partial charge is 0.323 e. The Labute approximate surface area is 191 Å². The van der Waals surface area contributed by atoms with Crippen LogP contribution in [0.3, 0.4) is 0 Å². The fourth-order valence-corrected chi connectivity index (χ4v) is 4.56. The number of para-hydroxylation sites is 2. The minimum Gasteiger partial charge on any atom is -0.323 e. The third-order valence-corrected chi connectivity index (χ3v) is 6.22. The van der Waals surface area contributed by atoms with Crippen molar-refractivity contribution in [2.45, 2.75) is 53.5 Å². The molecular formula is C27H32N2OS. The predicted molar refractivity (Wildman–Crippen MR) is 134 cm³/mol. The topological polar surface area (TPSA) is 34.9 Å². The molecule has 31 heavy (non-hydrogen) atoms.